The van der Waals surface area contributed by atoms with Crippen molar-refractivity contribution in [3.05, 3.63) is 35.3 Å². The van der Waals surface area contributed by atoms with Crippen LogP contribution in [0.1, 0.15) is 23.3 Å². The first-order chi connectivity index (χ1) is 9.74. The average molecular weight is 288 g/mol. The van der Waals surface area contributed by atoms with E-state index in [1.165, 1.54) is 24.2 Å². The Morgan fingerprint density at radius 3 is 2.75 bits per heavy atom. The summed E-state index contributed by atoms with van der Waals surface area (Å²) in [6.07, 6.45) is 2.40. The summed E-state index contributed by atoms with van der Waals surface area (Å²) in [6.45, 7) is 2.08. The van der Waals surface area contributed by atoms with E-state index < -0.39 is 0 Å². The summed E-state index contributed by atoms with van der Waals surface area (Å²) in [5.74, 6) is -0.218. The van der Waals surface area contributed by atoms with Crippen LogP contribution >= 0.6 is 11.3 Å². The van der Waals surface area contributed by atoms with E-state index in [-0.39, 0.29) is 5.91 Å². The summed E-state index contributed by atoms with van der Waals surface area (Å²) in [5, 5.41) is 5.00. The predicted octanol–water partition coefficient (Wildman–Crippen LogP) is 2.58. The third-order valence-electron chi connectivity index (χ3n) is 3.35. The number of amides is 1. The van der Waals surface area contributed by atoms with E-state index in [2.05, 4.69) is 15.2 Å². The maximum absolute atomic E-state index is 12.2. The molecule has 3 rings (SSSR count). The Morgan fingerprint density at radius 1 is 1.30 bits per heavy atom. The highest BCUT2D eigenvalue weighted by Gasteiger charge is 2.17. The van der Waals surface area contributed by atoms with Crippen molar-refractivity contribution in [1.82, 2.24) is 4.98 Å². The van der Waals surface area contributed by atoms with Crippen molar-refractivity contribution in [3.8, 4) is 0 Å². The summed E-state index contributed by atoms with van der Waals surface area (Å²) in [4.78, 5) is 18.5. The third kappa shape index (κ3) is 2.60. The monoisotopic (exact) mass is 288 g/mol. The van der Waals surface area contributed by atoms with Gasteiger partial charge in [0, 0.05) is 18.5 Å². The summed E-state index contributed by atoms with van der Waals surface area (Å²) < 4.78 is 0. The van der Waals surface area contributed by atoms with Crippen molar-refractivity contribution < 1.29 is 4.79 Å². The number of nitrogens with one attached hydrogen (secondary N) is 1. The molecule has 0 aliphatic carbocycles. The SMILES string of the molecule is Nc1nc(C(=O)Nc2ccccc2N2CCCC2)cs1. The second kappa shape index (κ2) is 5.50. The Kier molecular flexibility index (Phi) is 3.56. The Bertz CT molecular complexity index is 619. The lowest BCUT2D eigenvalue weighted by atomic mass is 10.2. The van der Waals surface area contributed by atoms with Crippen LogP contribution in [0.5, 0.6) is 0 Å². The van der Waals surface area contributed by atoms with E-state index in [1.54, 1.807) is 5.38 Å². The maximum Gasteiger partial charge on any atom is 0.275 e. The zero-order valence-corrected chi connectivity index (χ0v) is 11.8. The number of nitrogen functional groups attached to an aromatic ring is 1. The molecule has 1 aliphatic rings. The molecule has 1 amide bonds. The number of nitrogens with two attached hydrogens (primary N) is 1. The van der Waals surface area contributed by atoms with Gasteiger partial charge in [-0.15, -0.1) is 11.3 Å². The number of aromatic nitrogens is 1. The minimum absolute atomic E-state index is 0.218. The maximum atomic E-state index is 12.2. The van der Waals surface area contributed by atoms with Gasteiger partial charge in [0.15, 0.2) is 5.13 Å². The molecule has 20 heavy (non-hydrogen) atoms. The number of hydrogen-bond acceptors (Lipinski definition) is 5. The number of benzene rings is 1. The molecule has 0 bridgehead atoms. The molecule has 104 valence electrons. The summed E-state index contributed by atoms with van der Waals surface area (Å²) in [5.41, 5.74) is 7.82. The first kappa shape index (κ1) is 12.9. The topological polar surface area (TPSA) is 71.2 Å². The molecule has 5 nitrogen and oxygen atoms in total. The van der Waals surface area contributed by atoms with Crippen molar-refractivity contribution in [1.29, 1.82) is 0 Å². The number of hydrogen-bond donors (Lipinski definition) is 2. The number of thiazole rings is 1. The zero-order valence-electron chi connectivity index (χ0n) is 11.0. The summed E-state index contributed by atoms with van der Waals surface area (Å²) in [6, 6.07) is 7.87. The molecule has 1 saturated heterocycles. The van der Waals surface area contributed by atoms with Gasteiger partial charge in [-0.05, 0) is 25.0 Å². The largest absolute Gasteiger partial charge is 0.375 e. The molecule has 0 spiro atoms. The summed E-state index contributed by atoms with van der Waals surface area (Å²) >= 11 is 1.27. The van der Waals surface area contributed by atoms with E-state index in [4.69, 9.17) is 5.73 Å². The zero-order chi connectivity index (χ0) is 13.9. The van der Waals surface area contributed by atoms with Crippen LogP contribution in [0.25, 0.3) is 0 Å². The number of carbonyl (C=O) groups excluding carboxylic acids is 1. The van der Waals surface area contributed by atoms with Crippen LogP contribution in [0.3, 0.4) is 0 Å². The molecule has 0 radical (unpaired) electrons. The van der Waals surface area contributed by atoms with Gasteiger partial charge in [0.1, 0.15) is 5.69 Å². The predicted molar refractivity (Wildman–Crippen MR) is 82.4 cm³/mol. The Labute approximate surface area is 121 Å². The molecule has 0 atom stereocenters. The number of nitrogens with zero attached hydrogens (tertiary/aromatic N) is 2. The Morgan fingerprint density at radius 2 is 2.05 bits per heavy atom. The standard InChI is InChI=1S/C14H16N4OS/c15-14-17-11(9-20-14)13(19)16-10-5-1-2-6-12(10)18-7-3-4-8-18/h1-2,5-6,9H,3-4,7-8H2,(H2,15,17)(H,16,19). The van der Waals surface area contributed by atoms with Gasteiger partial charge in [-0.25, -0.2) is 4.98 Å². The average Bonchev–Trinajstić information content (AvgIpc) is 3.10. The molecule has 0 unspecified atom stereocenters. The van der Waals surface area contributed by atoms with E-state index >= 15 is 0 Å². The second-order valence-corrected chi connectivity index (χ2v) is 5.63. The Balaban J connectivity index is 1.81. The molecule has 1 fully saturated rings. The van der Waals surface area contributed by atoms with E-state index in [0.717, 1.165) is 24.5 Å². The van der Waals surface area contributed by atoms with Gasteiger partial charge in [-0.3, -0.25) is 4.79 Å². The van der Waals surface area contributed by atoms with Crippen LogP contribution < -0.4 is 16.0 Å². The fraction of sp³-hybridized carbons (Fsp3) is 0.286. The van der Waals surface area contributed by atoms with Crippen molar-refractivity contribution in [2.45, 2.75) is 12.8 Å². The van der Waals surface area contributed by atoms with Gasteiger partial charge in [0.25, 0.3) is 5.91 Å². The molecular weight excluding hydrogens is 272 g/mol. The van der Waals surface area contributed by atoms with Gasteiger partial charge in [-0.1, -0.05) is 12.1 Å². The van der Waals surface area contributed by atoms with Crippen molar-refractivity contribution >= 4 is 33.8 Å². The smallest absolute Gasteiger partial charge is 0.275 e. The lowest BCUT2D eigenvalue weighted by Crippen LogP contribution is -2.21. The van der Waals surface area contributed by atoms with Crippen molar-refractivity contribution in [2.24, 2.45) is 0 Å². The minimum Gasteiger partial charge on any atom is -0.375 e. The fourth-order valence-corrected chi connectivity index (χ4v) is 2.93. The second-order valence-electron chi connectivity index (χ2n) is 4.74. The number of carbonyl (C=O) groups is 1. The molecule has 2 heterocycles. The van der Waals surface area contributed by atoms with Crippen LogP contribution in [0, 0.1) is 0 Å². The van der Waals surface area contributed by atoms with Crippen LogP contribution in [0.2, 0.25) is 0 Å². The Hall–Kier alpha value is -2.08. The summed E-state index contributed by atoms with van der Waals surface area (Å²) in [7, 11) is 0. The normalized spacial score (nSPS) is 14.5. The number of para-hydroxylation sites is 2. The highest BCUT2D eigenvalue weighted by Crippen LogP contribution is 2.29. The molecule has 0 saturated carbocycles. The van der Waals surface area contributed by atoms with Crippen molar-refractivity contribution in [2.75, 3.05) is 29.0 Å². The van der Waals surface area contributed by atoms with E-state index in [1.807, 2.05) is 24.3 Å². The third-order valence-corrected chi connectivity index (χ3v) is 4.03. The van der Waals surface area contributed by atoms with Crippen LogP contribution in [0.4, 0.5) is 16.5 Å². The van der Waals surface area contributed by atoms with Crippen molar-refractivity contribution in [3.63, 3.8) is 0 Å². The molecule has 1 aromatic heterocycles. The van der Waals surface area contributed by atoms with Gasteiger partial charge >= 0.3 is 0 Å². The van der Waals surface area contributed by atoms with Crippen LogP contribution in [0.15, 0.2) is 29.6 Å². The molecule has 2 aromatic rings. The van der Waals surface area contributed by atoms with E-state index in [9.17, 15) is 4.79 Å². The molecular formula is C14H16N4OS. The number of rotatable bonds is 3. The van der Waals surface area contributed by atoms with Crippen LogP contribution in [-0.2, 0) is 0 Å². The lowest BCUT2D eigenvalue weighted by molar-refractivity contribution is 0.102. The first-order valence-corrected chi connectivity index (χ1v) is 7.48. The number of anilines is 3. The highest BCUT2D eigenvalue weighted by molar-refractivity contribution is 7.13. The lowest BCUT2D eigenvalue weighted by Gasteiger charge is -2.21. The fourth-order valence-electron chi connectivity index (χ4n) is 2.39. The quantitative estimate of drug-likeness (QED) is 0.910. The van der Waals surface area contributed by atoms with Gasteiger partial charge < -0.3 is 16.0 Å². The molecule has 3 N–H and O–H groups in total. The first-order valence-electron chi connectivity index (χ1n) is 6.60. The van der Waals surface area contributed by atoms with E-state index in [0.29, 0.717) is 10.8 Å². The minimum atomic E-state index is -0.218. The van der Waals surface area contributed by atoms with Gasteiger partial charge in [0.2, 0.25) is 0 Å². The van der Waals surface area contributed by atoms with Gasteiger partial charge in [0.05, 0.1) is 11.4 Å². The molecule has 1 aromatic carbocycles. The van der Waals surface area contributed by atoms with Gasteiger partial charge in [-0.2, -0.15) is 0 Å². The molecule has 1 aliphatic heterocycles. The molecule has 6 heteroatoms. The highest BCUT2D eigenvalue weighted by atomic mass is 32.1. The van der Waals surface area contributed by atoms with Crippen LogP contribution in [-0.4, -0.2) is 24.0 Å².